The molecule has 0 radical (unpaired) electrons. The lowest BCUT2D eigenvalue weighted by Gasteiger charge is -2.16. The summed E-state index contributed by atoms with van der Waals surface area (Å²) in [4.78, 5) is 25.8. The second-order valence-corrected chi connectivity index (χ2v) is 8.94. The molecule has 2 N–H and O–H groups in total. The minimum atomic E-state index is -3.57. The molecule has 27 heavy (non-hydrogen) atoms. The van der Waals surface area contributed by atoms with Crippen LogP contribution in [0.25, 0.3) is 0 Å². The van der Waals surface area contributed by atoms with Gasteiger partial charge in [0.25, 0.3) is 0 Å². The van der Waals surface area contributed by atoms with E-state index in [9.17, 15) is 22.4 Å². The monoisotopic (exact) mass is 411 g/mol. The van der Waals surface area contributed by atoms with Crippen LogP contribution >= 0.6 is 11.3 Å². The molecular formula is C17H18FN3O4S2. The number of thiophene rings is 1. The van der Waals surface area contributed by atoms with Gasteiger partial charge in [0.05, 0.1) is 5.92 Å². The molecule has 0 spiro atoms. The van der Waals surface area contributed by atoms with Gasteiger partial charge in [-0.15, -0.1) is 11.3 Å². The Balaban J connectivity index is 1.47. The third-order valence-electron chi connectivity index (χ3n) is 4.11. The molecule has 10 heteroatoms. The van der Waals surface area contributed by atoms with Gasteiger partial charge in [0.2, 0.25) is 21.8 Å². The summed E-state index contributed by atoms with van der Waals surface area (Å²) in [5.74, 6) is -1.45. The smallest absolute Gasteiger partial charge is 0.250 e. The van der Waals surface area contributed by atoms with Crippen molar-refractivity contribution >= 4 is 38.9 Å². The van der Waals surface area contributed by atoms with Crippen molar-refractivity contribution in [3.05, 3.63) is 47.6 Å². The number of benzene rings is 1. The second-order valence-electron chi connectivity index (χ2n) is 6.00. The molecule has 2 heterocycles. The Morgan fingerprint density at radius 1 is 1.22 bits per heavy atom. The van der Waals surface area contributed by atoms with Gasteiger partial charge in [-0.25, -0.2) is 17.5 Å². The predicted octanol–water partition coefficient (Wildman–Crippen LogP) is 1.33. The van der Waals surface area contributed by atoms with E-state index in [0.717, 1.165) is 11.3 Å². The lowest BCUT2D eigenvalue weighted by atomic mass is 10.1. The lowest BCUT2D eigenvalue weighted by Crippen LogP contribution is -2.38. The highest BCUT2D eigenvalue weighted by atomic mass is 32.2. The molecule has 2 amide bonds. The van der Waals surface area contributed by atoms with Crippen LogP contribution in [0, 0.1) is 11.7 Å². The van der Waals surface area contributed by atoms with Gasteiger partial charge in [-0.1, -0.05) is 6.07 Å². The lowest BCUT2D eigenvalue weighted by molar-refractivity contribution is -0.126. The van der Waals surface area contributed by atoms with Crippen molar-refractivity contribution < 1.29 is 22.4 Å². The summed E-state index contributed by atoms with van der Waals surface area (Å²) < 4.78 is 39.6. The molecule has 1 fully saturated rings. The van der Waals surface area contributed by atoms with Crippen molar-refractivity contribution in [2.45, 2.75) is 10.6 Å². The minimum Gasteiger partial charge on any atom is -0.354 e. The van der Waals surface area contributed by atoms with Crippen LogP contribution in [0.3, 0.4) is 0 Å². The highest BCUT2D eigenvalue weighted by Crippen LogP contribution is 2.25. The molecule has 0 unspecified atom stereocenters. The number of carbonyl (C=O) groups excluding carboxylic acids is 2. The number of rotatable bonds is 7. The number of hydrogen-bond donors (Lipinski definition) is 2. The van der Waals surface area contributed by atoms with E-state index in [0.29, 0.717) is 5.69 Å². The van der Waals surface area contributed by atoms with Gasteiger partial charge < -0.3 is 10.2 Å². The molecule has 1 aliphatic heterocycles. The summed E-state index contributed by atoms with van der Waals surface area (Å²) in [6, 6.07) is 8.65. The molecule has 0 bridgehead atoms. The van der Waals surface area contributed by atoms with E-state index >= 15 is 0 Å². The van der Waals surface area contributed by atoms with E-state index in [1.54, 1.807) is 11.4 Å². The summed E-state index contributed by atoms with van der Waals surface area (Å²) in [7, 11) is -3.57. The van der Waals surface area contributed by atoms with E-state index in [1.807, 2.05) is 0 Å². The molecule has 1 aromatic carbocycles. The van der Waals surface area contributed by atoms with Crippen LogP contribution in [0.4, 0.5) is 10.1 Å². The first-order valence-corrected chi connectivity index (χ1v) is 10.6. The standard InChI is InChI=1S/C17H18FN3O4S2/c18-13-3-5-14(6-4-13)21-11-12(10-15(21)22)17(23)19-7-8-20-27(24,25)16-2-1-9-26-16/h1-6,9,12,20H,7-8,10-11H2,(H,19,23)/t12-/m0/s1. The van der Waals surface area contributed by atoms with E-state index in [1.165, 1.54) is 35.2 Å². The van der Waals surface area contributed by atoms with Crippen molar-refractivity contribution in [3.8, 4) is 0 Å². The summed E-state index contributed by atoms with van der Waals surface area (Å²) in [6.07, 6.45) is 0.0597. The quantitative estimate of drug-likeness (QED) is 0.672. The zero-order valence-electron chi connectivity index (χ0n) is 14.2. The van der Waals surface area contributed by atoms with Crippen LogP contribution in [0.5, 0.6) is 0 Å². The van der Waals surface area contributed by atoms with Crippen LogP contribution in [-0.2, 0) is 19.6 Å². The Hall–Kier alpha value is -2.30. The third-order valence-corrected chi connectivity index (χ3v) is 6.97. The Morgan fingerprint density at radius 2 is 1.96 bits per heavy atom. The van der Waals surface area contributed by atoms with Gasteiger partial charge in [0.15, 0.2) is 0 Å². The number of nitrogens with zero attached hydrogens (tertiary/aromatic N) is 1. The van der Waals surface area contributed by atoms with Crippen molar-refractivity contribution in [1.82, 2.24) is 10.0 Å². The number of anilines is 1. The molecular weight excluding hydrogens is 393 g/mol. The fraction of sp³-hybridized carbons (Fsp3) is 0.294. The maximum absolute atomic E-state index is 13.0. The summed E-state index contributed by atoms with van der Waals surface area (Å²) in [5.41, 5.74) is 0.542. The van der Waals surface area contributed by atoms with Crippen LogP contribution in [0.15, 0.2) is 46.0 Å². The maximum Gasteiger partial charge on any atom is 0.250 e. The van der Waals surface area contributed by atoms with Crippen molar-refractivity contribution in [1.29, 1.82) is 0 Å². The number of nitrogens with one attached hydrogen (secondary N) is 2. The second kappa shape index (κ2) is 8.15. The van der Waals surface area contributed by atoms with Crippen molar-refractivity contribution in [2.24, 2.45) is 5.92 Å². The normalized spacial score (nSPS) is 17.3. The Kier molecular flexibility index (Phi) is 5.88. The number of amides is 2. The average molecular weight is 411 g/mol. The van der Waals surface area contributed by atoms with Gasteiger partial charge >= 0.3 is 0 Å². The number of halogens is 1. The molecule has 144 valence electrons. The van der Waals surface area contributed by atoms with E-state index in [4.69, 9.17) is 0 Å². The van der Waals surface area contributed by atoms with E-state index in [2.05, 4.69) is 10.0 Å². The van der Waals surface area contributed by atoms with Crippen LogP contribution in [0.1, 0.15) is 6.42 Å². The van der Waals surface area contributed by atoms with Gasteiger partial charge in [0, 0.05) is 31.7 Å². The fourth-order valence-corrected chi connectivity index (χ4v) is 4.83. The zero-order chi connectivity index (χ0) is 19.4. The van der Waals surface area contributed by atoms with E-state index < -0.39 is 21.8 Å². The molecule has 1 aromatic heterocycles. The summed E-state index contributed by atoms with van der Waals surface area (Å²) >= 11 is 1.11. The molecule has 1 saturated heterocycles. The summed E-state index contributed by atoms with van der Waals surface area (Å²) in [6.45, 7) is 0.371. The average Bonchev–Trinajstić information content (AvgIpc) is 3.30. The molecule has 1 atom stereocenters. The van der Waals surface area contributed by atoms with E-state index in [-0.39, 0.29) is 42.1 Å². The zero-order valence-corrected chi connectivity index (χ0v) is 15.9. The molecule has 0 aliphatic carbocycles. The predicted molar refractivity (Wildman–Crippen MR) is 99.4 cm³/mol. The molecule has 0 saturated carbocycles. The van der Waals surface area contributed by atoms with Gasteiger partial charge in [0.1, 0.15) is 10.0 Å². The Morgan fingerprint density at radius 3 is 2.63 bits per heavy atom. The summed E-state index contributed by atoms with van der Waals surface area (Å²) in [5, 5.41) is 4.31. The first-order chi connectivity index (χ1) is 12.9. The SMILES string of the molecule is O=C(NCCNS(=O)(=O)c1cccs1)[C@H]1CC(=O)N(c2ccc(F)cc2)C1. The maximum atomic E-state index is 13.0. The first kappa shape index (κ1) is 19.5. The van der Waals surface area contributed by atoms with Gasteiger partial charge in [-0.2, -0.15) is 0 Å². The first-order valence-electron chi connectivity index (χ1n) is 8.23. The molecule has 7 nitrogen and oxygen atoms in total. The van der Waals surface area contributed by atoms with Gasteiger partial charge in [-0.3, -0.25) is 9.59 Å². The molecule has 2 aromatic rings. The van der Waals surface area contributed by atoms with Crippen LogP contribution in [0.2, 0.25) is 0 Å². The number of carbonyl (C=O) groups is 2. The largest absolute Gasteiger partial charge is 0.354 e. The fourth-order valence-electron chi connectivity index (χ4n) is 2.76. The number of sulfonamides is 1. The minimum absolute atomic E-state index is 0.0499. The molecule has 1 aliphatic rings. The Labute approximate surface area is 160 Å². The third kappa shape index (κ3) is 4.71. The highest BCUT2D eigenvalue weighted by molar-refractivity contribution is 7.91. The topological polar surface area (TPSA) is 95.6 Å². The van der Waals surface area contributed by atoms with Crippen molar-refractivity contribution in [3.63, 3.8) is 0 Å². The van der Waals surface area contributed by atoms with Crippen molar-refractivity contribution in [2.75, 3.05) is 24.5 Å². The Bertz CT molecular complexity index is 914. The van der Waals surface area contributed by atoms with Crippen LogP contribution < -0.4 is 14.9 Å². The van der Waals surface area contributed by atoms with Gasteiger partial charge in [-0.05, 0) is 35.7 Å². The van der Waals surface area contributed by atoms with Crippen LogP contribution in [-0.4, -0.2) is 39.9 Å². The number of hydrogen-bond acceptors (Lipinski definition) is 5. The molecule has 3 rings (SSSR count). The highest BCUT2D eigenvalue weighted by Gasteiger charge is 2.34.